The van der Waals surface area contributed by atoms with Crippen LogP contribution >= 0.6 is 0 Å². The Hall–Kier alpha value is -3.75. The molecule has 9 heteroatoms. The highest BCUT2D eigenvalue weighted by Crippen LogP contribution is 2.33. The fourth-order valence-electron chi connectivity index (χ4n) is 3.29. The predicted octanol–water partition coefficient (Wildman–Crippen LogP) is 5.35. The Labute approximate surface area is 174 Å². The van der Waals surface area contributed by atoms with Crippen molar-refractivity contribution in [3.05, 3.63) is 77.4 Å². The van der Waals surface area contributed by atoms with Crippen LogP contribution in [0.4, 0.5) is 23.2 Å². The van der Waals surface area contributed by atoms with E-state index in [4.69, 9.17) is 0 Å². The number of alkyl halides is 3. The molecule has 0 saturated heterocycles. The molecule has 31 heavy (non-hydrogen) atoms. The minimum atomic E-state index is -4.44. The Morgan fingerprint density at radius 2 is 1.84 bits per heavy atom. The highest BCUT2D eigenvalue weighted by molar-refractivity contribution is 6.03. The molecule has 4 rings (SSSR count). The summed E-state index contributed by atoms with van der Waals surface area (Å²) in [7, 11) is 1.60. The molecule has 1 N–H and O–H groups in total. The van der Waals surface area contributed by atoms with Gasteiger partial charge in [0.2, 0.25) is 0 Å². The molecule has 0 aliphatic carbocycles. The van der Waals surface area contributed by atoms with Gasteiger partial charge in [-0.05, 0) is 48.9 Å². The van der Waals surface area contributed by atoms with Gasteiger partial charge in [-0.2, -0.15) is 18.3 Å². The van der Waals surface area contributed by atoms with Crippen LogP contribution in [-0.2, 0) is 13.2 Å². The van der Waals surface area contributed by atoms with E-state index in [0.29, 0.717) is 22.2 Å². The number of rotatable bonds is 3. The molecule has 0 bridgehead atoms. The predicted molar refractivity (Wildman–Crippen MR) is 108 cm³/mol. The average Bonchev–Trinajstić information content (AvgIpc) is 3.16. The highest BCUT2D eigenvalue weighted by Gasteiger charge is 2.30. The van der Waals surface area contributed by atoms with Crippen molar-refractivity contribution in [2.75, 3.05) is 5.32 Å². The van der Waals surface area contributed by atoms with Crippen LogP contribution in [0.2, 0.25) is 0 Å². The molecule has 2 aromatic heterocycles. The standard InChI is InChI=1S/C22H16F4N4O/c1-12-15(5-8-18(20(12)23)29-21(31)19-9-10-27-30(19)2)17-6-3-13-11-14(22(24,25)26)4-7-16(13)28-17/h3-11H,1-2H3,(H,29,31). The number of pyridine rings is 1. The summed E-state index contributed by atoms with van der Waals surface area (Å²) in [4.78, 5) is 16.7. The van der Waals surface area contributed by atoms with Gasteiger partial charge >= 0.3 is 6.18 Å². The number of hydrogen-bond acceptors (Lipinski definition) is 3. The van der Waals surface area contributed by atoms with Crippen molar-refractivity contribution in [2.45, 2.75) is 13.1 Å². The Kier molecular flexibility index (Phi) is 4.96. The molecule has 2 heterocycles. The van der Waals surface area contributed by atoms with Gasteiger partial charge in [0, 0.05) is 24.2 Å². The third-order valence-electron chi connectivity index (χ3n) is 4.98. The second kappa shape index (κ2) is 7.50. The van der Waals surface area contributed by atoms with Crippen LogP contribution in [0.1, 0.15) is 21.6 Å². The van der Waals surface area contributed by atoms with Crippen molar-refractivity contribution in [3.8, 4) is 11.3 Å². The first-order valence-electron chi connectivity index (χ1n) is 9.22. The lowest BCUT2D eigenvalue weighted by atomic mass is 10.0. The van der Waals surface area contributed by atoms with Gasteiger partial charge in [0.05, 0.1) is 22.5 Å². The molecule has 5 nitrogen and oxygen atoms in total. The summed E-state index contributed by atoms with van der Waals surface area (Å²) in [6, 6.07) is 10.9. The maximum Gasteiger partial charge on any atom is 0.416 e. The number of hydrogen-bond donors (Lipinski definition) is 1. The van der Waals surface area contributed by atoms with Crippen molar-refractivity contribution in [1.82, 2.24) is 14.8 Å². The molecule has 0 fully saturated rings. The van der Waals surface area contributed by atoms with Crippen LogP contribution in [0.15, 0.2) is 54.7 Å². The number of fused-ring (bicyclic) bond motifs is 1. The topological polar surface area (TPSA) is 59.8 Å². The number of amides is 1. The summed E-state index contributed by atoms with van der Waals surface area (Å²) >= 11 is 0. The van der Waals surface area contributed by atoms with E-state index in [1.165, 1.54) is 41.2 Å². The van der Waals surface area contributed by atoms with Crippen LogP contribution < -0.4 is 5.32 Å². The summed E-state index contributed by atoms with van der Waals surface area (Å²) in [6.07, 6.45) is -2.98. The molecule has 0 aliphatic heterocycles. The van der Waals surface area contributed by atoms with Gasteiger partial charge in [0.15, 0.2) is 0 Å². The number of halogens is 4. The van der Waals surface area contributed by atoms with E-state index >= 15 is 0 Å². The van der Waals surface area contributed by atoms with Crippen LogP contribution in [0.5, 0.6) is 0 Å². The minimum Gasteiger partial charge on any atom is -0.318 e. The Balaban J connectivity index is 1.67. The van der Waals surface area contributed by atoms with Crippen molar-refractivity contribution in [1.29, 1.82) is 0 Å². The van der Waals surface area contributed by atoms with Gasteiger partial charge in [0.1, 0.15) is 11.5 Å². The van der Waals surface area contributed by atoms with Gasteiger partial charge in [-0.25, -0.2) is 9.37 Å². The van der Waals surface area contributed by atoms with E-state index in [-0.39, 0.29) is 16.9 Å². The first-order valence-corrected chi connectivity index (χ1v) is 9.22. The second-order valence-corrected chi connectivity index (χ2v) is 7.00. The number of nitrogens with zero attached hydrogens (tertiary/aromatic N) is 3. The van der Waals surface area contributed by atoms with Gasteiger partial charge < -0.3 is 5.32 Å². The lowest BCUT2D eigenvalue weighted by molar-refractivity contribution is -0.137. The van der Waals surface area contributed by atoms with E-state index < -0.39 is 23.5 Å². The zero-order valence-electron chi connectivity index (χ0n) is 16.5. The first kappa shape index (κ1) is 20.5. The molecule has 0 spiro atoms. The Morgan fingerprint density at radius 1 is 1.06 bits per heavy atom. The smallest absolute Gasteiger partial charge is 0.318 e. The number of aromatic nitrogens is 3. The summed E-state index contributed by atoms with van der Waals surface area (Å²) < 4.78 is 55.0. The Bertz CT molecular complexity index is 1310. The molecule has 0 radical (unpaired) electrons. The maximum absolute atomic E-state index is 15.0. The van der Waals surface area contributed by atoms with Crippen LogP contribution in [0.25, 0.3) is 22.2 Å². The fraction of sp³-hybridized carbons (Fsp3) is 0.136. The SMILES string of the molecule is Cc1c(-c2ccc3cc(C(F)(F)F)ccc3n2)ccc(NC(=O)c2ccnn2C)c1F. The van der Waals surface area contributed by atoms with Crippen LogP contribution in [0.3, 0.4) is 0 Å². The molecular weight excluding hydrogens is 412 g/mol. The number of nitrogens with one attached hydrogen (secondary N) is 1. The summed E-state index contributed by atoms with van der Waals surface area (Å²) in [5.41, 5.74) is 1.01. The average molecular weight is 428 g/mol. The van der Waals surface area contributed by atoms with Crippen molar-refractivity contribution < 1.29 is 22.4 Å². The van der Waals surface area contributed by atoms with E-state index in [9.17, 15) is 22.4 Å². The van der Waals surface area contributed by atoms with Gasteiger partial charge in [0.25, 0.3) is 5.91 Å². The fourth-order valence-corrected chi connectivity index (χ4v) is 3.29. The molecule has 0 saturated carbocycles. The van der Waals surface area contributed by atoms with E-state index in [1.807, 2.05) is 0 Å². The third kappa shape index (κ3) is 3.86. The number of carbonyl (C=O) groups excluding carboxylic acids is 1. The second-order valence-electron chi connectivity index (χ2n) is 7.00. The van der Waals surface area contributed by atoms with Gasteiger partial charge in [-0.15, -0.1) is 0 Å². The van der Waals surface area contributed by atoms with Gasteiger partial charge in [-0.1, -0.05) is 12.1 Å². The van der Waals surface area contributed by atoms with Crippen molar-refractivity contribution in [2.24, 2.45) is 7.05 Å². The van der Waals surface area contributed by atoms with Crippen LogP contribution in [0, 0.1) is 12.7 Å². The van der Waals surface area contributed by atoms with E-state index in [0.717, 1.165) is 12.1 Å². The lowest BCUT2D eigenvalue weighted by Gasteiger charge is -2.13. The van der Waals surface area contributed by atoms with Crippen LogP contribution in [-0.4, -0.2) is 20.7 Å². The maximum atomic E-state index is 15.0. The molecule has 2 aromatic carbocycles. The van der Waals surface area contributed by atoms with E-state index in [2.05, 4.69) is 15.4 Å². The van der Waals surface area contributed by atoms with E-state index in [1.54, 1.807) is 20.0 Å². The molecule has 0 atom stereocenters. The molecule has 0 aliphatic rings. The summed E-state index contributed by atoms with van der Waals surface area (Å²) in [5.74, 6) is -1.13. The zero-order chi connectivity index (χ0) is 22.3. The minimum absolute atomic E-state index is 0.00283. The Morgan fingerprint density at radius 3 is 2.52 bits per heavy atom. The van der Waals surface area contributed by atoms with Crippen molar-refractivity contribution >= 4 is 22.5 Å². The summed E-state index contributed by atoms with van der Waals surface area (Å²) in [6.45, 7) is 1.54. The monoisotopic (exact) mass is 428 g/mol. The molecule has 0 unspecified atom stereocenters. The van der Waals surface area contributed by atoms with Gasteiger partial charge in [-0.3, -0.25) is 9.48 Å². The number of aryl methyl sites for hydroxylation is 1. The molecular formula is C22H16F4N4O. The third-order valence-corrected chi connectivity index (χ3v) is 4.98. The first-order chi connectivity index (χ1) is 14.6. The normalized spacial score (nSPS) is 11.7. The zero-order valence-corrected chi connectivity index (χ0v) is 16.5. The molecule has 1 amide bonds. The summed E-state index contributed by atoms with van der Waals surface area (Å²) in [5, 5.41) is 6.76. The van der Waals surface area contributed by atoms with Crippen molar-refractivity contribution in [3.63, 3.8) is 0 Å². The largest absolute Gasteiger partial charge is 0.416 e. The molecule has 4 aromatic rings. The molecule has 158 valence electrons. The number of benzene rings is 2. The number of anilines is 1. The number of carbonyl (C=O) groups is 1. The quantitative estimate of drug-likeness (QED) is 0.448. The lowest BCUT2D eigenvalue weighted by Crippen LogP contribution is -2.17. The highest BCUT2D eigenvalue weighted by atomic mass is 19.4.